The zero-order chi connectivity index (χ0) is 13.4. The quantitative estimate of drug-likeness (QED) is 0.838. The van der Waals surface area contributed by atoms with E-state index in [0.717, 1.165) is 6.42 Å². The van der Waals surface area contributed by atoms with Gasteiger partial charge in [-0.2, -0.15) is 0 Å². The summed E-state index contributed by atoms with van der Waals surface area (Å²) >= 11 is 0. The van der Waals surface area contributed by atoms with E-state index in [1.807, 2.05) is 0 Å². The Morgan fingerprint density at radius 3 is 2.84 bits per heavy atom. The van der Waals surface area contributed by atoms with Crippen LogP contribution in [0.2, 0.25) is 0 Å². The minimum Gasteiger partial charge on any atom is -0.321 e. The van der Waals surface area contributed by atoms with Crippen LogP contribution in [0.25, 0.3) is 0 Å². The number of piperidine rings is 1. The molecule has 0 aliphatic carbocycles. The van der Waals surface area contributed by atoms with Crippen molar-refractivity contribution in [1.29, 1.82) is 0 Å². The van der Waals surface area contributed by atoms with Crippen LogP contribution in [0.3, 0.4) is 0 Å². The molecule has 3 unspecified atom stereocenters. The molecule has 4 heteroatoms. The second-order valence-electron chi connectivity index (χ2n) is 6.78. The molecule has 3 fully saturated rings. The monoisotopic (exact) mass is 265 g/mol. The summed E-state index contributed by atoms with van der Waals surface area (Å²) in [5.41, 5.74) is 0. The largest absolute Gasteiger partial charge is 0.321 e. The number of nitrogens with one attached hydrogen (secondary N) is 1. The molecule has 3 rings (SSSR count). The van der Waals surface area contributed by atoms with Gasteiger partial charge in [0.05, 0.1) is 18.8 Å². The lowest BCUT2D eigenvalue weighted by Gasteiger charge is -2.38. The fourth-order valence-electron chi connectivity index (χ4n) is 4.17. The highest BCUT2D eigenvalue weighted by Crippen LogP contribution is 2.33. The number of fused-ring (bicyclic) bond motifs is 1. The highest BCUT2D eigenvalue weighted by atomic mass is 16.2. The summed E-state index contributed by atoms with van der Waals surface area (Å²) in [6.45, 7) is 7.45. The molecule has 4 nitrogen and oxygen atoms in total. The van der Waals surface area contributed by atoms with E-state index >= 15 is 0 Å². The van der Waals surface area contributed by atoms with Gasteiger partial charge in [0, 0.05) is 12.6 Å². The van der Waals surface area contributed by atoms with Crippen LogP contribution in [0.1, 0.15) is 46.0 Å². The second-order valence-corrected chi connectivity index (χ2v) is 6.78. The van der Waals surface area contributed by atoms with Crippen molar-refractivity contribution in [2.45, 2.75) is 64.2 Å². The van der Waals surface area contributed by atoms with Crippen LogP contribution in [0.4, 0.5) is 0 Å². The molecule has 1 amide bonds. The van der Waals surface area contributed by atoms with E-state index in [0.29, 0.717) is 30.5 Å². The van der Waals surface area contributed by atoms with E-state index in [-0.39, 0.29) is 6.17 Å². The molecule has 0 spiro atoms. The third-order valence-corrected chi connectivity index (χ3v) is 4.99. The molecule has 0 aromatic carbocycles. The Bertz CT molecular complexity index is 344. The molecule has 0 saturated carbocycles. The SMILES string of the molecule is CC(C)CC1NCC(=O)N1C1CCN2CCCCC12. The van der Waals surface area contributed by atoms with Crippen molar-refractivity contribution in [3.63, 3.8) is 0 Å². The van der Waals surface area contributed by atoms with Crippen LogP contribution in [-0.2, 0) is 4.79 Å². The Balaban J connectivity index is 1.73. The lowest BCUT2D eigenvalue weighted by molar-refractivity contribution is -0.131. The summed E-state index contributed by atoms with van der Waals surface area (Å²) in [4.78, 5) is 17.1. The molecular weight excluding hydrogens is 238 g/mol. The fourth-order valence-corrected chi connectivity index (χ4v) is 4.17. The first-order valence-corrected chi connectivity index (χ1v) is 7.95. The van der Waals surface area contributed by atoms with Crippen LogP contribution in [0.5, 0.6) is 0 Å². The van der Waals surface area contributed by atoms with Crippen molar-refractivity contribution in [1.82, 2.24) is 15.1 Å². The Kier molecular flexibility index (Phi) is 3.81. The Labute approximate surface area is 116 Å². The van der Waals surface area contributed by atoms with Gasteiger partial charge in [-0.05, 0) is 38.1 Å². The van der Waals surface area contributed by atoms with Crippen molar-refractivity contribution >= 4 is 5.91 Å². The van der Waals surface area contributed by atoms with E-state index in [4.69, 9.17) is 0 Å². The van der Waals surface area contributed by atoms with E-state index in [1.54, 1.807) is 0 Å². The van der Waals surface area contributed by atoms with Gasteiger partial charge in [-0.15, -0.1) is 0 Å². The first kappa shape index (κ1) is 13.4. The van der Waals surface area contributed by atoms with Gasteiger partial charge in [0.1, 0.15) is 0 Å². The maximum atomic E-state index is 12.3. The lowest BCUT2D eigenvalue weighted by Crippen LogP contribution is -2.52. The standard InChI is InChI=1S/C15H27N3O/c1-11(2)9-14-16-10-15(19)18(14)13-6-8-17-7-4-3-5-12(13)17/h11-14,16H,3-10H2,1-2H3. The van der Waals surface area contributed by atoms with E-state index in [9.17, 15) is 4.79 Å². The van der Waals surface area contributed by atoms with Crippen LogP contribution in [-0.4, -0.2) is 53.6 Å². The highest BCUT2D eigenvalue weighted by molar-refractivity contribution is 5.81. The van der Waals surface area contributed by atoms with Crippen molar-refractivity contribution < 1.29 is 4.79 Å². The summed E-state index contributed by atoms with van der Waals surface area (Å²) < 4.78 is 0. The molecule has 3 saturated heterocycles. The third-order valence-electron chi connectivity index (χ3n) is 4.99. The number of hydrogen-bond donors (Lipinski definition) is 1. The summed E-state index contributed by atoms with van der Waals surface area (Å²) in [6.07, 6.45) is 6.48. The first-order chi connectivity index (χ1) is 9.16. The predicted molar refractivity (Wildman–Crippen MR) is 75.7 cm³/mol. The third kappa shape index (κ3) is 2.52. The first-order valence-electron chi connectivity index (χ1n) is 7.95. The van der Waals surface area contributed by atoms with Crippen LogP contribution in [0, 0.1) is 5.92 Å². The van der Waals surface area contributed by atoms with Crippen molar-refractivity contribution in [2.24, 2.45) is 5.92 Å². The number of amides is 1. The molecule has 108 valence electrons. The van der Waals surface area contributed by atoms with Crippen molar-refractivity contribution in [3.8, 4) is 0 Å². The molecule has 0 aromatic rings. The molecule has 0 bridgehead atoms. The van der Waals surface area contributed by atoms with Gasteiger partial charge in [-0.3, -0.25) is 15.0 Å². The molecule has 0 aromatic heterocycles. The second kappa shape index (κ2) is 5.41. The maximum Gasteiger partial charge on any atom is 0.238 e. The highest BCUT2D eigenvalue weighted by Gasteiger charge is 2.44. The number of hydrogen-bond acceptors (Lipinski definition) is 3. The van der Waals surface area contributed by atoms with E-state index < -0.39 is 0 Å². The lowest BCUT2D eigenvalue weighted by atomic mass is 9.97. The van der Waals surface area contributed by atoms with E-state index in [1.165, 1.54) is 38.8 Å². The summed E-state index contributed by atoms with van der Waals surface area (Å²) in [6, 6.07) is 1.10. The van der Waals surface area contributed by atoms with Gasteiger partial charge < -0.3 is 4.90 Å². The number of rotatable bonds is 3. The van der Waals surface area contributed by atoms with Crippen LogP contribution >= 0.6 is 0 Å². The van der Waals surface area contributed by atoms with E-state index in [2.05, 4.69) is 29.0 Å². The van der Waals surface area contributed by atoms with Gasteiger partial charge >= 0.3 is 0 Å². The topological polar surface area (TPSA) is 35.6 Å². The Morgan fingerprint density at radius 2 is 2.05 bits per heavy atom. The van der Waals surface area contributed by atoms with Gasteiger partial charge in [0.25, 0.3) is 0 Å². The predicted octanol–water partition coefficient (Wildman–Crippen LogP) is 1.42. The van der Waals surface area contributed by atoms with Gasteiger partial charge in [0.15, 0.2) is 0 Å². The molecule has 3 aliphatic rings. The average molecular weight is 265 g/mol. The summed E-state index contributed by atoms with van der Waals surface area (Å²) in [7, 11) is 0. The molecule has 19 heavy (non-hydrogen) atoms. The number of carbonyl (C=O) groups excluding carboxylic acids is 1. The molecule has 0 radical (unpaired) electrons. The maximum absolute atomic E-state index is 12.3. The Hall–Kier alpha value is -0.610. The summed E-state index contributed by atoms with van der Waals surface area (Å²) in [5.74, 6) is 0.956. The zero-order valence-corrected chi connectivity index (χ0v) is 12.3. The minimum atomic E-state index is 0.277. The number of nitrogens with zero attached hydrogens (tertiary/aromatic N) is 2. The number of carbonyl (C=O) groups is 1. The molecular formula is C15H27N3O. The molecule has 1 N–H and O–H groups in total. The molecule has 3 atom stereocenters. The zero-order valence-electron chi connectivity index (χ0n) is 12.3. The molecule has 3 aliphatic heterocycles. The Morgan fingerprint density at radius 1 is 1.21 bits per heavy atom. The van der Waals surface area contributed by atoms with Crippen LogP contribution in [0.15, 0.2) is 0 Å². The fraction of sp³-hybridized carbons (Fsp3) is 0.933. The smallest absolute Gasteiger partial charge is 0.238 e. The molecule has 3 heterocycles. The van der Waals surface area contributed by atoms with Crippen molar-refractivity contribution in [3.05, 3.63) is 0 Å². The van der Waals surface area contributed by atoms with Gasteiger partial charge in [-0.25, -0.2) is 0 Å². The average Bonchev–Trinajstić information content (AvgIpc) is 2.93. The van der Waals surface area contributed by atoms with Gasteiger partial charge in [-0.1, -0.05) is 20.3 Å². The summed E-state index contributed by atoms with van der Waals surface area (Å²) in [5, 5.41) is 3.42. The minimum absolute atomic E-state index is 0.277. The normalized spacial score (nSPS) is 36.3. The van der Waals surface area contributed by atoms with Crippen LogP contribution < -0.4 is 5.32 Å². The van der Waals surface area contributed by atoms with Gasteiger partial charge in [0.2, 0.25) is 5.91 Å². The van der Waals surface area contributed by atoms with Crippen molar-refractivity contribution in [2.75, 3.05) is 19.6 Å².